The summed E-state index contributed by atoms with van der Waals surface area (Å²) in [5, 5.41) is 0. The van der Waals surface area contributed by atoms with Crippen molar-refractivity contribution < 1.29 is 26.4 Å². The highest BCUT2D eigenvalue weighted by molar-refractivity contribution is 7.89. The molecule has 11 heteroatoms. The van der Waals surface area contributed by atoms with Gasteiger partial charge >= 0.3 is 6.18 Å². The summed E-state index contributed by atoms with van der Waals surface area (Å²) in [6.45, 7) is 5.31. The third kappa shape index (κ3) is 4.24. The van der Waals surface area contributed by atoms with Crippen LogP contribution in [0.5, 0.6) is 0 Å². The number of alkyl halides is 3. The highest BCUT2D eigenvalue weighted by Gasteiger charge is 2.65. The largest absolute Gasteiger partial charge is 0.417 e. The first-order chi connectivity index (χ1) is 15.7. The van der Waals surface area contributed by atoms with Gasteiger partial charge in [0.1, 0.15) is 11.6 Å². The van der Waals surface area contributed by atoms with Gasteiger partial charge in [0.05, 0.1) is 17.4 Å². The molecule has 1 aliphatic heterocycles. The van der Waals surface area contributed by atoms with Crippen LogP contribution < -0.4 is 4.90 Å². The van der Waals surface area contributed by atoms with Crippen LogP contribution >= 0.6 is 0 Å². The highest BCUT2D eigenvalue weighted by Crippen LogP contribution is 2.64. The van der Waals surface area contributed by atoms with Crippen molar-refractivity contribution in [1.82, 2.24) is 14.2 Å². The van der Waals surface area contributed by atoms with Gasteiger partial charge in [0.15, 0.2) is 0 Å². The van der Waals surface area contributed by atoms with Crippen LogP contribution in [0.25, 0.3) is 0 Å². The van der Waals surface area contributed by atoms with Gasteiger partial charge < -0.3 is 9.80 Å². The molecule has 1 aromatic rings. The minimum absolute atomic E-state index is 0.0640. The number of sulfonamides is 1. The Labute approximate surface area is 199 Å². The van der Waals surface area contributed by atoms with Gasteiger partial charge in [0.25, 0.3) is 0 Å². The Hall–Kier alpha value is -1.72. The Morgan fingerprint density at radius 3 is 2.41 bits per heavy atom. The van der Waals surface area contributed by atoms with Gasteiger partial charge in [-0.15, -0.1) is 0 Å². The third-order valence-electron chi connectivity index (χ3n) is 8.33. The normalized spacial score (nSPS) is 29.9. The molecule has 1 aromatic heterocycles. The van der Waals surface area contributed by atoms with E-state index in [1.807, 2.05) is 37.7 Å². The van der Waals surface area contributed by atoms with E-state index < -0.39 is 33.2 Å². The van der Waals surface area contributed by atoms with Gasteiger partial charge in [-0.3, -0.25) is 4.79 Å². The molecule has 2 bridgehead atoms. The molecule has 0 spiro atoms. The van der Waals surface area contributed by atoms with Gasteiger partial charge in [0, 0.05) is 44.2 Å². The number of carbonyl (C=O) groups excluding carboxylic acids is 1. The van der Waals surface area contributed by atoms with E-state index in [1.54, 1.807) is 0 Å². The maximum Gasteiger partial charge on any atom is 0.417 e. The van der Waals surface area contributed by atoms with Crippen molar-refractivity contribution in [2.45, 2.75) is 45.3 Å². The van der Waals surface area contributed by atoms with Gasteiger partial charge in [-0.25, -0.2) is 13.4 Å². The number of pyridine rings is 1. The maximum absolute atomic E-state index is 13.7. The van der Waals surface area contributed by atoms with Crippen LogP contribution in [0.3, 0.4) is 0 Å². The number of rotatable bonds is 6. The first kappa shape index (κ1) is 25.4. The van der Waals surface area contributed by atoms with Crippen LogP contribution in [0, 0.1) is 16.7 Å². The second kappa shape index (κ2) is 8.44. The zero-order chi connectivity index (χ0) is 25.1. The molecule has 1 saturated heterocycles. The van der Waals surface area contributed by atoms with Gasteiger partial charge in [-0.05, 0) is 50.4 Å². The molecule has 3 atom stereocenters. The zero-order valence-electron chi connectivity index (χ0n) is 20.1. The van der Waals surface area contributed by atoms with Gasteiger partial charge in [0.2, 0.25) is 10.0 Å². The molecule has 0 N–H and O–H groups in total. The Kier molecular flexibility index (Phi) is 6.30. The van der Waals surface area contributed by atoms with E-state index in [2.05, 4.69) is 4.98 Å². The average Bonchev–Trinajstić information content (AvgIpc) is 3.06. The van der Waals surface area contributed by atoms with E-state index in [0.717, 1.165) is 18.7 Å². The lowest BCUT2D eigenvalue weighted by atomic mass is 9.70. The quantitative estimate of drug-likeness (QED) is 0.596. The van der Waals surface area contributed by atoms with Crippen LogP contribution in [-0.2, 0) is 21.0 Å². The second-order valence-electron chi connectivity index (χ2n) is 10.8. The van der Waals surface area contributed by atoms with Crippen molar-refractivity contribution >= 4 is 21.6 Å². The molecule has 34 heavy (non-hydrogen) atoms. The second-order valence-corrected chi connectivity index (χ2v) is 12.7. The van der Waals surface area contributed by atoms with Crippen molar-refractivity contribution in [3.8, 4) is 0 Å². The molecule has 4 rings (SSSR count). The number of anilines is 1. The third-order valence-corrected chi connectivity index (χ3v) is 10.4. The summed E-state index contributed by atoms with van der Waals surface area (Å²) in [5.74, 6) is 0.507. The van der Waals surface area contributed by atoms with Crippen molar-refractivity contribution in [3.05, 3.63) is 23.9 Å². The summed E-state index contributed by atoms with van der Waals surface area (Å²) >= 11 is 0. The van der Waals surface area contributed by atoms with E-state index in [4.69, 9.17) is 0 Å². The lowest BCUT2D eigenvalue weighted by Gasteiger charge is -2.44. The molecule has 190 valence electrons. The van der Waals surface area contributed by atoms with Crippen LogP contribution in [0.4, 0.5) is 19.0 Å². The lowest BCUT2D eigenvalue weighted by Crippen LogP contribution is -2.60. The van der Waals surface area contributed by atoms with Crippen molar-refractivity contribution in [1.29, 1.82) is 0 Å². The number of fused-ring (bicyclic) bond motifs is 2. The fraction of sp³-hybridized carbons (Fsp3) is 0.739. The average molecular weight is 503 g/mol. The summed E-state index contributed by atoms with van der Waals surface area (Å²) < 4.78 is 67.7. The predicted octanol–water partition coefficient (Wildman–Crippen LogP) is 2.88. The molecule has 3 aliphatic rings. The van der Waals surface area contributed by atoms with Crippen LogP contribution in [-0.4, -0.2) is 80.5 Å². The molecular weight excluding hydrogens is 469 g/mol. The summed E-state index contributed by atoms with van der Waals surface area (Å²) in [6, 6.07) is 1.92. The summed E-state index contributed by atoms with van der Waals surface area (Å²) in [7, 11) is -0.0487. The molecule has 1 unspecified atom stereocenters. The monoisotopic (exact) mass is 502 g/mol. The zero-order valence-corrected chi connectivity index (χ0v) is 20.9. The van der Waals surface area contributed by atoms with Crippen molar-refractivity contribution in [2.24, 2.45) is 16.7 Å². The minimum Gasteiger partial charge on any atom is -0.354 e. The number of piperazine rings is 1. The number of Topliss-reactive ketones (excluding diaryl/α,β-unsaturated/α-hetero) is 1. The number of hydrogen-bond acceptors (Lipinski definition) is 6. The minimum atomic E-state index is -4.46. The number of halogens is 3. The van der Waals surface area contributed by atoms with E-state index in [-0.39, 0.29) is 29.4 Å². The Balaban J connectivity index is 1.56. The molecule has 0 amide bonds. The molecule has 2 aliphatic carbocycles. The first-order valence-electron chi connectivity index (χ1n) is 11.6. The highest BCUT2D eigenvalue weighted by atomic mass is 32.2. The molecule has 0 radical (unpaired) electrons. The SMILES string of the molecule is CN(C)CC1CN(c2ccc(C(F)(F)F)cn2)CCN1S(=O)(=O)C[C@]12CC[C@H](CC1=O)C2(C)C. The fourth-order valence-corrected chi connectivity index (χ4v) is 8.64. The van der Waals surface area contributed by atoms with E-state index in [9.17, 15) is 26.4 Å². The number of hydrogen-bond donors (Lipinski definition) is 0. The summed E-state index contributed by atoms with van der Waals surface area (Å²) in [6.07, 6.45) is -1.71. The standard InChI is InChI=1S/C23H33F3N4O3S/c1-21(2)16-7-8-22(21,19(31)11-16)15-34(32,33)30-10-9-29(14-18(30)13-28(3)4)20-6-5-17(12-27-20)23(24,25)26/h5-6,12,16,18H,7-11,13-15H2,1-4H3/t16-,18?,22-/m1/s1. The van der Waals surface area contributed by atoms with Gasteiger partial charge in [-0.2, -0.15) is 17.5 Å². The van der Waals surface area contributed by atoms with Crippen LogP contribution in [0.1, 0.15) is 38.7 Å². The fourth-order valence-electron chi connectivity index (χ4n) is 6.23. The van der Waals surface area contributed by atoms with Crippen LogP contribution in [0.15, 0.2) is 18.3 Å². The predicted molar refractivity (Wildman–Crippen MR) is 123 cm³/mol. The van der Waals surface area contributed by atoms with Crippen LogP contribution in [0.2, 0.25) is 0 Å². The maximum atomic E-state index is 13.7. The Morgan fingerprint density at radius 2 is 1.91 bits per heavy atom. The van der Waals surface area contributed by atoms with E-state index in [0.29, 0.717) is 38.3 Å². The van der Waals surface area contributed by atoms with E-state index >= 15 is 0 Å². The Bertz CT molecular complexity index is 1040. The number of carbonyl (C=O) groups is 1. The molecule has 7 nitrogen and oxygen atoms in total. The van der Waals surface area contributed by atoms with Crippen molar-refractivity contribution in [2.75, 3.05) is 50.9 Å². The first-order valence-corrected chi connectivity index (χ1v) is 13.2. The molecule has 0 aromatic carbocycles. The number of likely N-dealkylation sites (N-methyl/N-ethyl adjacent to an activating group) is 1. The molecular formula is C23H33F3N4O3S. The number of aromatic nitrogens is 1. The van der Waals surface area contributed by atoms with E-state index in [1.165, 1.54) is 10.4 Å². The smallest absolute Gasteiger partial charge is 0.354 e. The number of nitrogens with zero attached hydrogens (tertiary/aromatic N) is 4. The topological polar surface area (TPSA) is 73.8 Å². The Morgan fingerprint density at radius 1 is 1.21 bits per heavy atom. The molecule has 2 heterocycles. The summed E-state index contributed by atoms with van der Waals surface area (Å²) in [4.78, 5) is 20.7. The van der Waals surface area contributed by atoms with Gasteiger partial charge in [-0.1, -0.05) is 13.8 Å². The van der Waals surface area contributed by atoms with Crippen molar-refractivity contribution in [3.63, 3.8) is 0 Å². The molecule has 2 saturated carbocycles. The molecule has 3 fully saturated rings. The number of ketones is 1. The lowest BCUT2D eigenvalue weighted by molar-refractivity contribution is -0.137. The summed E-state index contributed by atoms with van der Waals surface area (Å²) in [5.41, 5.74) is -2.01.